The molecule has 5 nitrogen and oxygen atoms in total. The van der Waals surface area contributed by atoms with Crippen LogP contribution in [-0.2, 0) is 9.53 Å². The van der Waals surface area contributed by atoms with Crippen molar-refractivity contribution >= 4 is 5.91 Å². The number of rotatable bonds is 7. The van der Waals surface area contributed by atoms with Crippen molar-refractivity contribution < 1.29 is 19.4 Å². The number of nitrogens with one attached hydrogen (secondary N) is 1. The number of hydrogen-bond acceptors (Lipinski definition) is 4. The van der Waals surface area contributed by atoms with E-state index in [1.165, 1.54) is 17.4 Å². The third kappa shape index (κ3) is 5.37. The lowest BCUT2D eigenvalue weighted by Crippen LogP contribution is -2.28. The van der Waals surface area contributed by atoms with Crippen LogP contribution < -0.4 is 10.1 Å². The molecule has 1 aliphatic heterocycles. The largest absolute Gasteiger partial charge is 0.504 e. The van der Waals surface area contributed by atoms with Gasteiger partial charge < -0.3 is 19.9 Å². The van der Waals surface area contributed by atoms with Gasteiger partial charge in [0.2, 0.25) is 5.91 Å². The van der Waals surface area contributed by atoms with Crippen molar-refractivity contribution in [2.75, 3.05) is 13.2 Å². The Kier molecular flexibility index (Phi) is 6.41. The first-order valence-corrected chi connectivity index (χ1v) is 10.6. The third-order valence-electron chi connectivity index (χ3n) is 5.54. The minimum absolute atomic E-state index is 0.114. The second-order valence-corrected chi connectivity index (χ2v) is 7.87. The fourth-order valence-electron chi connectivity index (χ4n) is 3.49. The van der Waals surface area contributed by atoms with E-state index in [9.17, 15) is 9.90 Å². The molecule has 0 unspecified atom stereocenters. The number of carbonyl (C=O) groups is 1. The molecule has 160 valence electrons. The molecule has 31 heavy (non-hydrogen) atoms. The normalized spacial score (nSPS) is 15.4. The van der Waals surface area contributed by atoms with E-state index in [4.69, 9.17) is 9.47 Å². The van der Waals surface area contributed by atoms with E-state index in [-0.39, 0.29) is 24.6 Å². The number of aryl methyl sites for hydroxylation is 1. The number of allylic oxidation sites excluding steroid dienone is 2. The number of amides is 1. The SMILES string of the molecule is Cc1ccc(-c2ccc(OCCC(=O)NCC3=CC(=C4CCC4)C(O)=CO3)cc2)cc1. The van der Waals surface area contributed by atoms with E-state index in [1.807, 2.05) is 30.3 Å². The van der Waals surface area contributed by atoms with Gasteiger partial charge in [0.05, 0.1) is 19.6 Å². The Morgan fingerprint density at radius 1 is 1.06 bits per heavy atom. The number of carbonyl (C=O) groups excluding carboxylic acids is 1. The molecule has 5 heteroatoms. The Morgan fingerprint density at radius 3 is 2.39 bits per heavy atom. The van der Waals surface area contributed by atoms with Crippen LogP contribution in [0.1, 0.15) is 31.2 Å². The van der Waals surface area contributed by atoms with Crippen LogP contribution in [0.15, 0.2) is 83.5 Å². The first kappa shape index (κ1) is 20.8. The van der Waals surface area contributed by atoms with Gasteiger partial charge in [-0.3, -0.25) is 4.79 Å². The van der Waals surface area contributed by atoms with Crippen LogP contribution in [0.4, 0.5) is 0 Å². The molecule has 0 radical (unpaired) electrons. The fourth-order valence-corrected chi connectivity index (χ4v) is 3.49. The molecule has 2 aromatic carbocycles. The van der Waals surface area contributed by atoms with Crippen LogP contribution in [0.2, 0.25) is 0 Å². The zero-order valence-corrected chi connectivity index (χ0v) is 17.7. The van der Waals surface area contributed by atoms with Crippen molar-refractivity contribution in [3.63, 3.8) is 0 Å². The van der Waals surface area contributed by atoms with Crippen molar-refractivity contribution in [2.24, 2.45) is 0 Å². The van der Waals surface area contributed by atoms with Crippen molar-refractivity contribution in [3.8, 4) is 16.9 Å². The van der Waals surface area contributed by atoms with E-state index in [0.717, 1.165) is 41.7 Å². The van der Waals surface area contributed by atoms with Gasteiger partial charge in [-0.05, 0) is 55.5 Å². The summed E-state index contributed by atoms with van der Waals surface area (Å²) >= 11 is 0. The standard InChI is InChI=1S/C26H27NO4/c1-18-5-7-19(8-6-18)20-9-11-22(12-10-20)30-14-13-26(29)27-16-23-15-24(21-3-2-4-21)25(28)17-31-23/h5-12,15,17,28H,2-4,13-14,16H2,1H3,(H,27,29). The average molecular weight is 418 g/mol. The number of aliphatic hydroxyl groups excluding tert-OH is 1. The molecule has 1 saturated carbocycles. The van der Waals surface area contributed by atoms with E-state index in [0.29, 0.717) is 12.4 Å². The summed E-state index contributed by atoms with van der Waals surface area (Å²) in [5.41, 5.74) is 5.60. The summed E-state index contributed by atoms with van der Waals surface area (Å²) in [4.78, 5) is 12.1. The first-order valence-electron chi connectivity index (χ1n) is 10.6. The minimum Gasteiger partial charge on any atom is -0.504 e. The quantitative estimate of drug-likeness (QED) is 0.638. The van der Waals surface area contributed by atoms with Gasteiger partial charge >= 0.3 is 0 Å². The van der Waals surface area contributed by atoms with Crippen molar-refractivity contribution in [1.29, 1.82) is 0 Å². The molecule has 1 amide bonds. The highest BCUT2D eigenvalue weighted by molar-refractivity contribution is 5.76. The summed E-state index contributed by atoms with van der Waals surface area (Å²) in [6, 6.07) is 16.3. The maximum absolute atomic E-state index is 12.1. The van der Waals surface area contributed by atoms with Crippen LogP contribution in [0.3, 0.4) is 0 Å². The molecule has 0 atom stereocenters. The number of hydrogen-bond donors (Lipinski definition) is 2. The lowest BCUT2D eigenvalue weighted by atomic mass is 9.86. The first-order chi connectivity index (χ1) is 15.1. The fraction of sp³-hybridized carbons (Fsp3) is 0.269. The second-order valence-electron chi connectivity index (χ2n) is 7.87. The van der Waals surface area contributed by atoms with Crippen molar-refractivity contribution in [2.45, 2.75) is 32.6 Å². The Balaban J connectivity index is 1.21. The van der Waals surface area contributed by atoms with Gasteiger partial charge in [-0.2, -0.15) is 0 Å². The molecular formula is C26H27NO4. The van der Waals surface area contributed by atoms with Gasteiger partial charge in [-0.25, -0.2) is 0 Å². The summed E-state index contributed by atoms with van der Waals surface area (Å²) in [5, 5.41) is 12.8. The number of ether oxygens (including phenoxy) is 2. The van der Waals surface area contributed by atoms with Crippen LogP contribution in [-0.4, -0.2) is 24.2 Å². The number of benzene rings is 2. The van der Waals surface area contributed by atoms with Gasteiger partial charge in [0.1, 0.15) is 17.8 Å². The zero-order valence-electron chi connectivity index (χ0n) is 17.7. The Bertz CT molecular complexity index is 1020. The zero-order chi connectivity index (χ0) is 21.6. The van der Waals surface area contributed by atoms with Gasteiger partial charge in [0.25, 0.3) is 0 Å². The van der Waals surface area contributed by atoms with Crippen LogP contribution in [0.5, 0.6) is 5.75 Å². The predicted octanol–water partition coefficient (Wildman–Crippen LogP) is 5.34. The summed E-state index contributed by atoms with van der Waals surface area (Å²) in [6.07, 6.45) is 6.57. The van der Waals surface area contributed by atoms with Crippen molar-refractivity contribution in [1.82, 2.24) is 5.32 Å². The second kappa shape index (κ2) is 9.56. The molecule has 4 rings (SSSR count). The predicted molar refractivity (Wildman–Crippen MR) is 120 cm³/mol. The third-order valence-corrected chi connectivity index (χ3v) is 5.54. The van der Waals surface area contributed by atoms with E-state index in [1.54, 1.807) is 0 Å². The minimum atomic E-state index is -0.114. The molecule has 2 N–H and O–H groups in total. The monoisotopic (exact) mass is 417 g/mol. The highest BCUT2D eigenvalue weighted by Crippen LogP contribution is 2.34. The summed E-state index contributed by atoms with van der Waals surface area (Å²) in [5.74, 6) is 1.40. The smallest absolute Gasteiger partial charge is 0.223 e. The van der Waals surface area contributed by atoms with Gasteiger partial charge in [0.15, 0.2) is 5.76 Å². The Morgan fingerprint density at radius 2 is 1.74 bits per heavy atom. The van der Waals surface area contributed by atoms with Gasteiger partial charge in [-0.15, -0.1) is 0 Å². The van der Waals surface area contributed by atoms with Crippen LogP contribution >= 0.6 is 0 Å². The summed E-state index contributed by atoms with van der Waals surface area (Å²) < 4.78 is 11.1. The Hall–Kier alpha value is -3.47. The molecule has 2 aliphatic rings. The number of aliphatic hydroxyl groups is 1. The topological polar surface area (TPSA) is 67.8 Å². The van der Waals surface area contributed by atoms with Crippen LogP contribution in [0.25, 0.3) is 11.1 Å². The lowest BCUT2D eigenvalue weighted by Gasteiger charge is -2.23. The van der Waals surface area contributed by atoms with E-state index in [2.05, 4.69) is 36.5 Å². The molecule has 1 aliphatic carbocycles. The summed E-state index contributed by atoms with van der Waals surface area (Å²) in [7, 11) is 0. The Labute approximate surface area is 182 Å². The molecule has 1 heterocycles. The molecule has 0 spiro atoms. The molecular weight excluding hydrogens is 390 g/mol. The lowest BCUT2D eigenvalue weighted by molar-refractivity contribution is -0.121. The van der Waals surface area contributed by atoms with E-state index >= 15 is 0 Å². The molecule has 0 bridgehead atoms. The maximum Gasteiger partial charge on any atom is 0.223 e. The highest BCUT2D eigenvalue weighted by Gasteiger charge is 2.20. The molecule has 2 aromatic rings. The molecule has 1 fully saturated rings. The molecule has 0 saturated heterocycles. The van der Waals surface area contributed by atoms with Crippen molar-refractivity contribution in [3.05, 3.63) is 89.1 Å². The average Bonchev–Trinajstić information content (AvgIpc) is 2.74. The van der Waals surface area contributed by atoms with Gasteiger partial charge in [-0.1, -0.05) is 47.5 Å². The maximum atomic E-state index is 12.1. The summed E-state index contributed by atoms with van der Waals surface area (Å²) in [6.45, 7) is 2.65. The van der Waals surface area contributed by atoms with E-state index < -0.39 is 0 Å². The van der Waals surface area contributed by atoms with Gasteiger partial charge in [0, 0.05) is 5.57 Å². The highest BCUT2D eigenvalue weighted by atomic mass is 16.5. The molecule has 0 aromatic heterocycles. The van der Waals surface area contributed by atoms with Crippen LogP contribution in [0, 0.1) is 6.92 Å².